The summed E-state index contributed by atoms with van der Waals surface area (Å²) in [5, 5.41) is 12.0. The van der Waals surface area contributed by atoms with Gasteiger partial charge in [-0.1, -0.05) is 0 Å². The molecule has 1 heterocycles. The van der Waals surface area contributed by atoms with E-state index in [1.165, 1.54) is 13.2 Å². The molecule has 0 saturated heterocycles. The molecular formula is C13H14F2N4O2. The van der Waals surface area contributed by atoms with Crippen molar-refractivity contribution in [3.63, 3.8) is 0 Å². The van der Waals surface area contributed by atoms with E-state index in [1.54, 1.807) is 36.9 Å². The van der Waals surface area contributed by atoms with Crippen LogP contribution in [0.3, 0.4) is 0 Å². The van der Waals surface area contributed by atoms with E-state index in [-0.39, 0.29) is 11.5 Å². The summed E-state index contributed by atoms with van der Waals surface area (Å²) >= 11 is 0. The number of methoxy groups -OCH3 is 1. The molecule has 21 heavy (non-hydrogen) atoms. The second kappa shape index (κ2) is 6.29. The first-order valence-electron chi connectivity index (χ1n) is 6.07. The molecular weight excluding hydrogens is 282 g/mol. The van der Waals surface area contributed by atoms with Gasteiger partial charge in [-0.25, -0.2) is 4.68 Å². The molecule has 0 spiro atoms. The molecule has 6 nitrogen and oxygen atoms in total. The molecule has 0 aliphatic heterocycles. The Morgan fingerprint density at radius 3 is 2.43 bits per heavy atom. The molecule has 0 radical (unpaired) electrons. The average molecular weight is 296 g/mol. The van der Waals surface area contributed by atoms with E-state index >= 15 is 0 Å². The SMILES string of the molecule is COc1cc(C=Nn2c(C)nnc2C)ccc1OC(F)F. The minimum Gasteiger partial charge on any atom is -0.493 e. The Kier molecular flexibility index (Phi) is 4.46. The number of halogens is 2. The van der Waals surface area contributed by atoms with Gasteiger partial charge in [-0.05, 0) is 37.6 Å². The number of alkyl halides is 2. The fourth-order valence-electron chi connectivity index (χ4n) is 1.71. The molecule has 0 atom stereocenters. The molecule has 0 fully saturated rings. The second-order valence-corrected chi connectivity index (χ2v) is 4.14. The quantitative estimate of drug-likeness (QED) is 0.795. The summed E-state index contributed by atoms with van der Waals surface area (Å²) in [6, 6.07) is 4.55. The summed E-state index contributed by atoms with van der Waals surface area (Å²) < 4.78 is 35.4. The highest BCUT2D eigenvalue weighted by molar-refractivity contribution is 5.80. The molecule has 0 unspecified atom stereocenters. The van der Waals surface area contributed by atoms with Gasteiger partial charge in [0.1, 0.15) is 0 Å². The van der Waals surface area contributed by atoms with Crippen LogP contribution in [0, 0.1) is 13.8 Å². The molecule has 0 aliphatic rings. The lowest BCUT2D eigenvalue weighted by Crippen LogP contribution is -2.04. The van der Waals surface area contributed by atoms with E-state index in [1.807, 2.05) is 0 Å². The van der Waals surface area contributed by atoms with Gasteiger partial charge in [0.15, 0.2) is 23.1 Å². The molecule has 8 heteroatoms. The van der Waals surface area contributed by atoms with Crippen molar-refractivity contribution in [3.8, 4) is 11.5 Å². The lowest BCUT2D eigenvalue weighted by molar-refractivity contribution is -0.0512. The predicted molar refractivity (Wildman–Crippen MR) is 72.1 cm³/mol. The van der Waals surface area contributed by atoms with Crippen molar-refractivity contribution < 1.29 is 18.3 Å². The largest absolute Gasteiger partial charge is 0.493 e. The van der Waals surface area contributed by atoms with Crippen molar-refractivity contribution in [2.45, 2.75) is 20.5 Å². The smallest absolute Gasteiger partial charge is 0.387 e. The van der Waals surface area contributed by atoms with E-state index in [0.29, 0.717) is 17.2 Å². The highest BCUT2D eigenvalue weighted by Gasteiger charge is 2.10. The van der Waals surface area contributed by atoms with Gasteiger partial charge in [-0.2, -0.15) is 13.9 Å². The zero-order valence-corrected chi connectivity index (χ0v) is 11.7. The number of aryl methyl sites for hydroxylation is 2. The van der Waals surface area contributed by atoms with Crippen LogP contribution < -0.4 is 9.47 Å². The van der Waals surface area contributed by atoms with Crippen molar-refractivity contribution in [3.05, 3.63) is 35.4 Å². The Bertz CT molecular complexity index is 636. The summed E-state index contributed by atoms with van der Waals surface area (Å²) in [4.78, 5) is 0. The van der Waals surface area contributed by atoms with Crippen molar-refractivity contribution in [2.24, 2.45) is 5.10 Å². The maximum atomic E-state index is 12.2. The van der Waals surface area contributed by atoms with Gasteiger partial charge in [0, 0.05) is 0 Å². The molecule has 0 saturated carbocycles. The van der Waals surface area contributed by atoms with Crippen molar-refractivity contribution in [1.29, 1.82) is 0 Å². The first kappa shape index (κ1) is 14.9. The zero-order valence-electron chi connectivity index (χ0n) is 11.7. The Balaban J connectivity index is 2.25. The summed E-state index contributed by atoms with van der Waals surface area (Å²) in [5.41, 5.74) is 0.668. The standard InChI is InChI=1S/C13H14F2N4O2/c1-8-17-18-9(2)19(8)16-7-10-4-5-11(21-13(14)15)12(6-10)20-3/h4-7,13H,1-3H3. The number of nitrogens with zero attached hydrogens (tertiary/aromatic N) is 4. The fraction of sp³-hybridized carbons (Fsp3) is 0.308. The molecule has 0 bridgehead atoms. The molecule has 1 aromatic heterocycles. The third-order valence-electron chi connectivity index (χ3n) is 2.68. The van der Waals surface area contributed by atoms with Crippen LogP contribution in [0.1, 0.15) is 17.2 Å². The van der Waals surface area contributed by atoms with E-state index in [2.05, 4.69) is 20.0 Å². The highest BCUT2D eigenvalue weighted by atomic mass is 19.3. The van der Waals surface area contributed by atoms with E-state index in [9.17, 15) is 8.78 Å². The van der Waals surface area contributed by atoms with Gasteiger partial charge in [0.25, 0.3) is 0 Å². The number of hydrogen-bond acceptors (Lipinski definition) is 5. The number of benzene rings is 1. The lowest BCUT2D eigenvalue weighted by atomic mass is 10.2. The van der Waals surface area contributed by atoms with Crippen LogP contribution in [0.4, 0.5) is 8.78 Å². The van der Waals surface area contributed by atoms with Crippen LogP contribution in [0.2, 0.25) is 0 Å². The number of hydrogen-bond donors (Lipinski definition) is 0. The Hall–Kier alpha value is -2.51. The zero-order chi connectivity index (χ0) is 15.4. The maximum absolute atomic E-state index is 12.2. The minimum atomic E-state index is -2.90. The first-order valence-corrected chi connectivity index (χ1v) is 6.07. The Morgan fingerprint density at radius 1 is 1.19 bits per heavy atom. The summed E-state index contributed by atoms with van der Waals surface area (Å²) in [6.45, 7) is 0.648. The Morgan fingerprint density at radius 2 is 1.86 bits per heavy atom. The third kappa shape index (κ3) is 3.53. The van der Waals surface area contributed by atoms with Crippen LogP contribution in [-0.2, 0) is 0 Å². The fourth-order valence-corrected chi connectivity index (χ4v) is 1.71. The monoisotopic (exact) mass is 296 g/mol. The molecule has 2 aromatic rings. The molecule has 1 aromatic carbocycles. The van der Waals surface area contributed by atoms with E-state index < -0.39 is 6.61 Å². The first-order chi connectivity index (χ1) is 10.0. The molecule has 0 N–H and O–H groups in total. The molecule has 112 valence electrons. The van der Waals surface area contributed by atoms with Gasteiger partial charge in [0.05, 0.1) is 13.3 Å². The number of aromatic nitrogens is 3. The van der Waals surface area contributed by atoms with Crippen molar-refractivity contribution in [1.82, 2.24) is 14.9 Å². The van der Waals surface area contributed by atoms with Crippen LogP contribution >= 0.6 is 0 Å². The summed E-state index contributed by atoms with van der Waals surface area (Å²) in [7, 11) is 1.38. The topological polar surface area (TPSA) is 61.5 Å². The molecule has 0 aliphatic carbocycles. The molecule has 2 rings (SSSR count). The van der Waals surface area contributed by atoms with Gasteiger partial charge in [0.2, 0.25) is 0 Å². The number of rotatable bonds is 5. The van der Waals surface area contributed by atoms with Crippen LogP contribution in [0.5, 0.6) is 11.5 Å². The van der Waals surface area contributed by atoms with Gasteiger partial charge in [-0.15, -0.1) is 10.2 Å². The lowest BCUT2D eigenvalue weighted by Gasteiger charge is -2.10. The maximum Gasteiger partial charge on any atom is 0.387 e. The predicted octanol–water partition coefficient (Wildman–Crippen LogP) is 2.39. The average Bonchev–Trinajstić information content (AvgIpc) is 2.76. The van der Waals surface area contributed by atoms with Crippen LogP contribution in [0.15, 0.2) is 23.3 Å². The van der Waals surface area contributed by atoms with Crippen molar-refractivity contribution >= 4 is 6.21 Å². The summed E-state index contributed by atoms with van der Waals surface area (Å²) in [6.07, 6.45) is 1.55. The van der Waals surface area contributed by atoms with E-state index in [0.717, 1.165) is 0 Å². The van der Waals surface area contributed by atoms with Crippen LogP contribution in [-0.4, -0.2) is 34.8 Å². The third-order valence-corrected chi connectivity index (χ3v) is 2.68. The van der Waals surface area contributed by atoms with Crippen molar-refractivity contribution in [2.75, 3.05) is 7.11 Å². The summed E-state index contributed by atoms with van der Waals surface area (Å²) in [5.74, 6) is 1.47. The van der Waals surface area contributed by atoms with Gasteiger partial charge in [-0.3, -0.25) is 0 Å². The Labute approximate surface area is 120 Å². The normalized spacial score (nSPS) is 11.3. The van der Waals surface area contributed by atoms with Gasteiger partial charge >= 0.3 is 6.61 Å². The highest BCUT2D eigenvalue weighted by Crippen LogP contribution is 2.28. The minimum absolute atomic E-state index is 0.0266. The van der Waals surface area contributed by atoms with E-state index in [4.69, 9.17) is 4.74 Å². The van der Waals surface area contributed by atoms with Crippen LogP contribution in [0.25, 0.3) is 0 Å². The number of ether oxygens (including phenoxy) is 2. The second-order valence-electron chi connectivity index (χ2n) is 4.14. The van der Waals surface area contributed by atoms with Gasteiger partial charge < -0.3 is 9.47 Å². The molecule has 0 amide bonds.